The number of nitrogens with two attached hydrogens (primary N) is 1. The molecule has 0 aromatic carbocycles. The summed E-state index contributed by atoms with van der Waals surface area (Å²) in [6, 6.07) is 0.0407. The Hall–Kier alpha value is -1.04. The summed E-state index contributed by atoms with van der Waals surface area (Å²) in [7, 11) is 0. The average molecular weight is 208 g/mol. The predicted octanol–water partition coefficient (Wildman–Crippen LogP) is 0.408. The van der Waals surface area contributed by atoms with Gasteiger partial charge in [-0.25, -0.2) is 0 Å². The fraction of sp³-hybridized carbons (Fsp3) is 0.600. The number of hydrogen-bond donors (Lipinski definition) is 2. The molecule has 1 aliphatic rings. The molecule has 0 spiro atoms. The van der Waals surface area contributed by atoms with Crippen LogP contribution >= 0.6 is 0 Å². The molecule has 0 radical (unpaired) electrons. The van der Waals surface area contributed by atoms with Gasteiger partial charge in [0, 0.05) is 24.9 Å². The summed E-state index contributed by atoms with van der Waals surface area (Å²) in [4.78, 5) is 8.31. The zero-order valence-corrected chi connectivity index (χ0v) is 8.60. The van der Waals surface area contributed by atoms with Gasteiger partial charge in [-0.3, -0.25) is 21.2 Å². The molecule has 15 heavy (non-hydrogen) atoms. The first-order valence-electron chi connectivity index (χ1n) is 5.21. The van der Waals surface area contributed by atoms with E-state index in [0.717, 1.165) is 31.7 Å². The van der Waals surface area contributed by atoms with E-state index in [4.69, 9.17) is 10.6 Å². The lowest BCUT2D eigenvalue weighted by Gasteiger charge is -2.28. The molecule has 0 saturated carbocycles. The maximum atomic E-state index is 5.56. The van der Waals surface area contributed by atoms with Gasteiger partial charge in [-0.2, -0.15) is 0 Å². The molecule has 0 aliphatic carbocycles. The van der Waals surface area contributed by atoms with E-state index >= 15 is 0 Å². The van der Waals surface area contributed by atoms with Crippen molar-refractivity contribution in [2.45, 2.75) is 18.9 Å². The van der Waals surface area contributed by atoms with Crippen molar-refractivity contribution in [3.05, 3.63) is 24.3 Å². The Bertz CT molecular complexity index is 287. The Balaban J connectivity index is 2.09. The van der Waals surface area contributed by atoms with Crippen molar-refractivity contribution in [3.8, 4) is 0 Å². The molecule has 1 aromatic heterocycles. The van der Waals surface area contributed by atoms with Crippen LogP contribution in [0.5, 0.6) is 0 Å². The highest BCUT2D eigenvalue weighted by Gasteiger charge is 2.25. The van der Waals surface area contributed by atoms with Gasteiger partial charge in [0.15, 0.2) is 0 Å². The number of ether oxygens (including phenoxy) is 1. The monoisotopic (exact) mass is 208 g/mol. The third-order valence-corrected chi connectivity index (χ3v) is 2.75. The predicted molar refractivity (Wildman–Crippen MR) is 55.6 cm³/mol. The molecule has 1 saturated heterocycles. The first kappa shape index (κ1) is 10.5. The second-order valence-electron chi connectivity index (χ2n) is 3.75. The molecule has 0 bridgehead atoms. The minimum atomic E-state index is 0.0407. The van der Waals surface area contributed by atoms with Crippen molar-refractivity contribution in [3.63, 3.8) is 0 Å². The quantitative estimate of drug-likeness (QED) is 0.556. The SMILES string of the molecule is NNC(c1cnccn1)C1CCCOC1. The smallest absolute Gasteiger partial charge is 0.0773 e. The molecular weight excluding hydrogens is 192 g/mol. The summed E-state index contributed by atoms with van der Waals surface area (Å²) < 4.78 is 5.44. The van der Waals surface area contributed by atoms with Crippen molar-refractivity contribution in [1.82, 2.24) is 15.4 Å². The molecule has 1 aromatic rings. The number of nitrogens with one attached hydrogen (secondary N) is 1. The number of aromatic nitrogens is 2. The van der Waals surface area contributed by atoms with E-state index in [1.54, 1.807) is 18.6 Å². The minimum Gasteiger partial charge on any atom is -0.381 e. The maximum Gasteiger partial charge on any atom is 0.0773 e. The van der Waals surface area contributed by atoms with Gasteiger partial charge in [-0.1, -0.05) is 0 Å². The third-order valence-electron chi connectivity index (χ3n) is 2.75. The molecule has 2 heterocycles. The molecule has 1 aliphatic heterocycles. The van der Waals surface area contributed by atoms with E-state index in [9.17, 15) is 0 Å². The van der Waals surface area contributed by atoms with Crippen LogP contribution in [-0.2, 0) is 4.74 Å². The fourth-order valence-corrected chi connectivity index (χ4v) is 1.96. The van der Waals surface area contributed by atoms with Crippen molar-refractivity contribution in [2.24, 2.45) is 11.8 Å². The second kappa shape index (κ2) is 5.16. The average Bonchev–Trinajstić information content (AvgIpc) is 2.33. The van der Waals surface area contributed by atoms with E-state index in [-0.39, 0.29) is 6.04 Å². The summed E-state index contributed by atoms with van der Waals surface area (Å²) in [6.07, 6.45) is 7.30. The van der Waals surface area contributed by atoms with Crippen LogP contribution in [0.4, 0.5) is 0 Å². The largest absolute Gasteiger partial charge is 0.381 e. The number of hydrogen-bond acceptors (Lipinski definition) is 5. The topological polar surface area (TPSA) is 73.1 Å². The van der Waals surface area contributed by atoms with Gasteiger partial charge in [-0.05, 0) is 12.8 Å². The van der Waals surface area contributed by atoms with Crippen LogP contribution in [0, 0.1) is 5.92 Å². The van der Waals surface area contributed by atoms with Gasteiger partial charge in [0.05, 0.1) is 24.5 Å². The van der Waals surface area contributed by atoms with Crippen LogP contribution in [0.3, 0.4) is 0 Å². The molecule has 2 atom stereocenters. The molecule has 2 rings (SSSR count). The molecule has 3 N–H and O–H groups in total. The molecule has 82 valence electrons. The Kier molecular flexibility index (Phi) is 3.60. The highest BCUT2D eigenvalue weighted by atomic mass is 16.5. The molecule has 2 unspecified atom stereocenters. The van der Waals surface area contributed by atoms with E-state index < -0.39 is 0 Å². The molecule has 1 fully saturated rings. The first-order chi connectivity index (χ1) is 7.42. The van der Waals surface area contributed by atoms with Crippen LogP contribution in [0.2, 0.25) is 0 Å². The normalized spacial score (nSPS) is 23.7. The summed E-state index contributed by atoms with van der Waals surface area (Å²) in [6.45, 7) is 1.60. The standard InChI is InChI=1S/C10H16N4O/c11-14-10(8-2-1-5-15-7-8)9-6-12-3-4-13-9/h3-4,6,8,10,14H,1-2,5,7,11H2. The van der Waals surface area contributed by atoms with Gasteiger partial charge >= 0.3 is 0 Å². The number of rotatable bonds is 3. The Morgan fingerprint density at radius 1 is 1.53 bits per heavy atom. The lowest BCUT2D eigenvalue weighted by atomic mass is 9.92. The molecule has 5 nitrogen and oxygen atoms in total. The van der Waals surface area contributed by atoms with E-state index in [0.29, 0.717) is 5.92 Å². The fourth-order valence-electron chi connectivity index (χ4n) is 1.96. The number of hydrazine groups is 1. The van der Waals surface area contributed by atoms with Crippen molar-refractivity contribution in [2.75, 3.05) is 13.2 Å². The Labute approximate surface area is 89.0 Å². The second-order valence-corrected chi connectivity index (χ2v) is 3.75. The van der Waals surface area contributed by atoms with E-state index in [1.165, 1.54) is 0 Å². The minimum absolute atomic E-state index is 0.0407. The van der Waals surface area contributed by atoms with Crippen LogP contribution < -0.4 is 11.3 Å². The van der Waals surface area contributed by atoms with Crippen molar-refractivity contribution >= 4 is 0 Å². The summed E-state index contributed by atoms with van der Waals surface area (Å²) >= 11 is 0. The highest BCUT2D eigenvalue weighted by Crippen LogP contribution is 2.26. The highest BCUT2D eigenvalue weighted by molar-refractivity contribution is 5.04. The lowest BCUT2D eigenvalue weighted by Crippen LogP contribution is -2.37. The van der Waals surface area contributed by atoms with Gasteiger partial charge in [0.25, 0.3) is 0 Å². The van der Waals surface area contributed by atoms with E-state index in [2.05, 4.69) is 15.4 Å². The summed E-state index contributed by atoms with van der Waals surface area (Å²) in [5.74, 6) is 5.95. The number of nitrogens with zero attached hydrogens (tertiary/aromatic N) is 2. The van der Waals surface area contributed by atoms with Crippen molar-refractivity contribution < 1.29 is 4.74 Å². The zero-order valence-electron chi connectivity index (χ0n) is 8.60. The van der Waals surface area contributed by atoms with Gasteiger partial charge < -0.3 is 4.74 Å². The van der Waals surface area contributed by atoms with E-state index in [1.807, 2.05) is 0 Å². The lowest BCUT2D eigenvalue weighted by molar-refractivity contribution is 0.0383. The first-order valence-corrected chi connectivity index (χ1v) is 5.21. The molecular formula is C10H16N4O. The van der Waals surface area contributed by atoms with Crippen LogP contribution in [0.25, 0.3) is 0 Å². The van der Waals surface area contributed by atoms with Gasteiger partial charge in [-0.15, -0.1) is 0 Å². The van der Waals surface area contributed by atoms with Gasteiger partial charge in [0.2, 0.25) is 0 Å². The van der Waals surface area contributed by atoms with Gasteiger partial charge in [0.1, 0.15) is 0 Å². The summed E-state index contributed by atoms with van der Waals surface area (Å²) in [5, 5.41) is 0. The van der Waals surface area contributed by atoms with Crippen LogP contribution in [0.15, 0.2) is 18.6 Å². The third kappa shape index (κ3) is 2.50. The Morgan fingerprint density at radius 3 is 3.07 bits per heavy atom. The molecule has 0 amide bonds. The maximum absolute atomic E-state index is 5.56. The van der Waals surface area contributed by atoms with Crippen LogP contribution in [0.1, 0.15) is 24.6 Å². The Morgan fingerprint density at radius 2 is 2.47 bits per heavy atom. The molecule has 5 heteroatoms. The summed E-state index contributed by atoms with van der Waals surface area (Å²) in [5.41, 5.74) is 3.69. The van der Waals surface area contributed by atoms with Crippen molar-refractivity contribution in [1.29, 1.82) is 0 Å². The zero-order chi connectivity index (χ0) is 10.5. The van der Waals surface area contributed by atoms with Crippen LogP contribution in [-0.4, -0.2) is 23.2 Å².